The molecule has 1 fully saturated rings. The number of hydrogen-bond acceptors (Lipinski definition) is 5. The Bertz CT molecular complexity index is 436. The third-order valence-electron chi connectivity index (χ3n) is 3.51. The Hall–Kier alpha value is -1.82. The fraction of sp³-hybridized carbons (Fsp3) is 0.571. The summed E-state index contributed by atoms with van der Waals surface area (Å²) in [6, 6.07) is 3.88. The summed E-state index contributed by atoms with van der Waals surface area (Å²) in [5, 5.41) is 11.6. The van der Waals surface area contributed by atoms with E-state index in [4.69, 9.17) is 9.84 Å². The van der Waals surface area contributed by atoms with Crippen LogP contribution in [0.2, 0.25) is 0 Å². The van der Waals surface area contributed by atoms with Crippen LogP contribution in [0.4, 0.5) is 5.82 Å². The van der Waals surface area contributed by atoms with E-state index in [0.717, 1.165) is 44.0 Å². The highest BCUT2D eigenvalue weighted by atomic mass is 16.5. The Kier molecular flexibility index (Phi) is 5.17. The zero-order valence-corrected chi connectivity index (χ0v) is 11.7. The maximum atomic E-state index is 10.5. The number of piperidine rings is 1. The molecule has 20 heavy (non-hydrogen) atoms. The summed E-state index contributed by atoms with van der Waals surface area (Å²) in [6.45, 7) is 2.66. The van der Waals surface area contributed by atoms with Crippen molar-refractivity contribution in [2.75, 3.05) is 38.2 Å². The number of ether oxygens (including phenoxy) is 1. The zero-order chi connectivity index (χ0) is 14.4. The van der Waals surface area contributed by atoms with E-state index in [9.17, 15) is 4.79 Å². The van der Waals surface area contributed by atoms with Crippen LogP contribution in [0.1, 0.15) is 12.8 Å². The number of carboxylic acid groups (broad SMARTS) is 1. The minimum atomic E-state index is -0.811. The number of carboxylic acids is 1. The molecular formula is C14H21N3O3. The highest BCUT2D eigenvalue weighted by molar-refractivity contribution is 5.68. The third-order valence-corrected chi connectivity index (χ3v) is 3.51. The Morgan fingerprint density at radius 3 is 3.10 bits per heavy atom. The van der Waals surface area contributed by atoms with Gasteiger partial charge in [-0.25, -0.2) is 4.98 Å². The molecule has 1 aromatic heterocycles. The zero-order valence-electron chi connectivity index (χ0n) is 11.7. The van der Waals surface area contributed by atoms with Crippen molar-refractivity contribution >= 4 is 11.8 Å². The van der Waals surface area contributed by atoms with Crippen LogP contribution in [0, 0.1) is 5.92 Å². The van der Waals surface area contributed by atoms with Gasteiger partial charge in [0.05, 0.1) is 19.9 Å². The van der Waals surface area contributed by atoms with Crippen molar-refractivity contribution in [3.63, 3.8) is 0 Å². The molecule has 6 nitrogen and oxygen atoms in total. The Morgan fingerprint density at radius 2 is 2.45 bits per heavy atom. The van der Waals surface area contributed by atoms with Gasteiger partial charge < -0.3 is 20.1 Å². The number of aliphatic carboxylic acids is 1. The molecule has 2 heterocycles. The predicted molar refractivity (Wildman–Crippen MR) is 76.2 cm³/mol. The SMILES string of the molecule is COc1ccc(N2CCCC(CNCC(=O)O)C2)nc1. The van der Waals surface area contributed by atoms with E-state index in [2.05, 4.69) is 15.2 Å². The molecule has 6 heteroatoms. The van der Waals surface area contributed by atoms with Crippen LogP contribution >= 0.6 is 0 Å². The van der Waals surface area contributed by atoms with Crippen LogP contribution in [-0.2, 0) is 4.79 Å². The third kappa shape index (κ3) is 4.09. The quantitative estimate of drug-likeness (QED) is 0.808. The van der Waals surface area contributed by atoms with Gasteiger partial charge in [0.1, 0.15) is 11.6 Å². The lowest BCUT2D eigenvalue weighted by molar-refractivity contribution is -0.136. The standard InChI is InChI=1S/C14H21N3O3/c1-20-12-4-5-13(16-8-12)17-6-2-3-11(10-17)7-15-9-14(18)19/h4-5,8,11,15H,2-3,6-7,9-10H2,1H3,(H,18,19). The number of anilines is 1. The van der Waals surface area contributed by atoms with E-state index in [-0.39, 0.29) is 6.54 Å². The van der Waals surface area contributed by atoms with Gasteiger partial charge in [-0.3, -0.25) is 4.79 Å². The number of nitrogens with zero attached hydrogens (tertiary/aromatic N) is 2. The molecule has 0 aromatic carbocycles. The molecule has 2 rings (SSSR count). The molecule has 0 aliphatic carbocycles. The number of pyridine rings is 1. The van der Waals surface area contributed by atoms with E-state index in [1.54, 1.807) is 13.3 Å². The van der Waals surface area contributed by atoms with Crippen LogP contribution < -0.4 is 15.0 Å². The number of nitrogens with one attached hydrogen (secondary N) is 1. The smallest absolute Gasteiger partial charge is 0.317 e. The lowest BCUT2D eigenvalue weighted by Gasteiger charge is -2.33. The molecule has 110 valence electrons. The van der Waals surface area contributed by atoms with Gasteiger partial charge in [-0.2, -0.15) is 0 Å². The maximum Gasteiger partial charge on any atom is 0.317 e. The minimum Gasteiger partial charge on any atom is -0.495 e. The van der Waals surface area contributed by atoms with Crippen molar-refractivity contribution in [2.24, 2.45) is 5.92 Å². The number of hydrogen-bond donors (Lipinski definition) is 2. The maximum absolute atomic E-state index is 10.5. The summed E-state index contributed by atoms with van der Waals surface area (Å²) < 4.78 is 5.11. The summed E-state index contributed by atoms with van der Waals surface area (Å²) >= 11 is 0. The van der Waals surface area contributed by atoms with Crippen LogP contribution in [-0.4, -0.2) is 49.3 Å². The first-order valence-corrected chi connectivity index (χ1v) is 6.86. The molecule has 0 bridgehead atoms. The lowest BCUT2D eigenvalue weighted by atomic mass is 9.98. The fourth-order valence-corrected chi connectivity index (χ4v) is 2.50. The molecule has 1 aromatic rings. The van der Waals surface area contributed by atoms with Crippen molar-refractivity contribution in [3.8, 4) is 5.75 Å². The van der Waals surface area contributed by atoms with Crippen LogP contribution in [0.3, 0.4) is 0 Å². The first kappa shape index (κ1) is 14.6. The predicted octanol–water partition coefficient (Wildman–Crippen LogP) is 0.981. The summed E-state index contributed by atoms with van der Waals surface area (Å²) in [4.78, 5) is 17.1. The summed E-state index contributed by atoms with van der Waals surface area (Å²) in [5.74, 6) is 1.36. The molecule has 1 saturated heterocycles. The average molecular weight is 279 g/mol. The van der Waals surface area contributed by atoms with E-state index < -0.39 is 5.97 Å². The minimum absolute atomic E-state index is 0.0251. The number of carbonyl (C=O) groups is 1. The van der Waals surface area contributed by atoms with Gasteiger partial charge in [0.15, 0.2) is 0 Å². The van der Waals surface area contributed by atoms with Gasteiger partial charge in [-0.1, -0.05) is 0 Å². The summed E-state index contributed by atoms with van der Waals surface area (Å²) in [7, 11) is 1.63. The van der Waals surface area contributed by atoms with Crippen molar-refractivity contribution in [2.45, 2.75) is 12.8 Å². The first-order chi connectivity index (χ1) is 9.69. The van der Waals surface area contributed by atoms with Crippen LogP contribution in [0.5, 0.6) is 5.75 Å². The Morgan fingerprint density at radius 1 is 1.60 bits per heavy atom. The first-order valence-electron chi connectivity index (χ1n) is 6.86. The van der Waals surface area contributed by atoms with Gasteiger partial charge in [0.25, 0.3) is 0 Å². The molecule has 1 aliphatic heterocycles. The van der Waals surface area contributed by atoms with Crippen molar-refractivity contribution in [1.82, 2.24) is 10.3 Å². The fourth-order valence-electron chi connectivity index (χ4n) is 2.50. The Labute approximate surface area is 118 Å². The largest absolute Gasteiger partial charge is 0.495 e. The van der Waals surface area contributed by atoms with E-state index in [1.165, 1.54) is 0 Å². The van der Waals surface area contributed by atoms with Crippen LogP contribution in [0.25, 0.3) is 0 Å². The second-order valence-electron chi connectivity index (χ2n) is 5.04. The van der Waals surface area contributed by atoms with E-state index in [0.29, 0.717) is 5.92 Å². The molecule has 1 aliphatic rings. The number of rotatable bonds is 6. The second kappa shape index (κ2) is 7.09. The van der Waals surface area contributed by atoms with Gasteiger partial charge in [0.2, 0.25) is 0 Å². The highest BCUT2D eigenvalue weighted by Gasteiger charge is 2.20. The molecule has 2 N–H and O–H groups in total. The average Bonchev–Trinajstić information content (AvgIpc) is 2.47. The number of methoxy groups -OCH3 is 1. The highest BCUT2D eigenvalue weighted by Crippen LogP contribution is 2.22. The molecule has 0 spiro atoms. The van der Waals surface area contributed by atoms with E-state index in [1.807, 2.05) is 12.1 Å². The summed E-state index contributed by atoms with van der Waals surface area (Å²) in [5.41, 5.74) is 0. The number of aromatic nitrogens is 1. The van der Waals surface area contributed by atoms with Gasteiger partial charge in [0, 0.05) is 19.6 Å². The molecule has 1 unspecified atom stereocenters. The lowest BCUT2D eigenvalue weighted by Crippen LogP contribution is -2.40. The topological polar surface area (TPSA) is 74.7 Å². The van der Waals surface area contributed by atoms with Crippen molar-refractivity contribution < 1.29 is 14.6 Å². The molecular weight excluding hydrogens is 258 g/mol. The second-order valence-corrected chi connectivity index (χ2v) is 5.04. The van der Waals surface area contributed by atoms with Gasteiger partial charge in [-0.15, -0.1) is 0 Å². The molecule has 0 radical (unpaired) electrons. The summed E-state index contributed by atoms with van der Waals surface area (Å²) in [6.07, 6.45) is 3.95. The van der Waals surface area contributed by atoms with Gasteiger partial charge in [-0.05, 0) is 30.9 Å². The van der Waals surface area contributed by atoms with Crippen molar-refractivity contribution in [3.05, 3.63) is 18.3 Å². The van der Waals surface area contributed by atoms with Crippen LogP contribution in [0.15, 0.2) is 18.3 Å². The molecule has 1 atom stereocenters. The molecule has 0 saturated carbocycles. The Balaban J connectivity index is 1.87. The monoisotopic (exact) mass is 279 g/mol. The normalized spacial score (nSPS) is 18.9. The van der Waals surface area contributed by atoms with E-state index >= 15 is 0 Å². The van der Waals surface area contributed by atoms with Gasteiger partial charge >= 0.3 is 5.97 Å². The molecule has 0 amide bonds. The van der Waals surface area contributed by atoms with Crippen molar-refractivity contribution in [1.29, 1.82) is 0 Å².